The molecule has 1 amide bonds. The molecule has 3 heterocycles. The normalized spacial score (nSPS) is 11.2. The summed E-state index contributed by atoms with van der Waals surface area (Å²) < 4.78 is 1.75. The number of carbonyl (C=O) groups excluding carboxylic acids is 1. The van der Waals surface area contributed by atoms with Crippen molar-refractivity contribution in [1.82, 2.24) is 24.6 Å². The second-order valence-electron chi connectivity index (χ2n) is 6.75. The number of aromatic nitrogens is 5. The Balaban J connectivity index is 1.53. The number of thioether (sulfide) groups is 1. The quantitative estimate of drug-likeness (QED) is 0.440. The van der Waals surface area contributed by atoms with Crippen LogP contribution in [0.15, 0.2) is 40.9 Å². The number of hydrogen-bond donors (Lipinski definition) is 0. The van der Waals surface area contributed by atoms with Gasteiger partial charge in [0.1, 0.15) is 0 Å². The van der Waals surface area contributed by atoms with E-state index in [0.29, 0.717) is 21.8 Å². The molecule has 0 saturated heterocycles. The van der Waals surface area contributed by atoms with E-state index in [1.807, 2.05) is 56.5 Å². The van der Waals surface area contributed by atoms with Gasteiger partial charge in [0.25, 0.3) is 5.78 Å². The van der Waals surface area contributed by atoms with Crippen LogP contribution in [0, 0.1) is 20.8 Å². The van der Waals surface area contributed by atoms with Crippen molar-refractivity contribution in [2.24, 2.45) is 0 Å². The van der Waals surface area contributed by atoms with Crippen LogP contribution in [0.3, 0.4) is 0 Å². The first-order chi connectivity index (χ1) is 13.9. The van der Waals surface area contributed by atoms with E-state index < -0.39 is 0 Å². The van der Waals surface area contributed by atoms with Crippen LogP contribution in [0.2, 0.25) is 0 Å². The van der Waals surface area contributed by atoms with Crippen LogP contribution in [-0.4, -0.2) is 30.5 Å². The van der Waals surface area contributed by atoms with Crippen molar-refractivity contribution >= 4 is 45.6 Å². The highest BCUT2D eigenvalue weighted by Crippen LogP contribution is 2.31. The second kappa shape index (κ2) is 7.92. The largest absolute Gasteiger partial charge is 0.274 e. The number of hydrogen-bond acceptors (Lipinski definition) is 7. The standard InChI is InChI=1S/C20H20N6OS2/c1-12-6-5-7-17(8-12)25(15(4)27)20-22-16(11-29-20)10-28-19-23-18-21-13(2)9-14(3)26(18)24-19/h5-9,11H,10H2,1-4H3. The summed E-state index contributed by atoms with van der Waals surface area (Å²) in [6.07, 6.45) is 0. The fourth-order valence-corrected chi connectivity index (χ4v) is 4.71. The minimum atomic E-state index is -0.0666. The molecule has 148 valence electrons. The number of aryl methyl sites for hydroxylation is 3. The van der Waals surface area contributed by atoms with Crippen molar-refractivity contribution in [3.05, 3.63) is 58.4 Å². The summed E-state index contributed by atoms with van der Waals surface area (Å²) >= 11 is 2.96. The minimum Gasteiger partial charge on any atom is -0.274 e. The van der Waals surface area contributed by atoms with Gasteiger partial charge in [0.2, 0.25) is 11.1 Å². The zero-order valence-corrected chi connectivity index (χ0v) is 18.2. The molecule has 0 bridgehead atoms. The third-order valence-electron chi connectivity index (χ3n) is 4.25. The van der Waals surface area contributed by atoms with Gasteiger partial charge in [-0.15, -0.1) is 16.4 Å². The molecule has 4 rings (SSSR count). The summed E-state index contributed by atoms with van der Waals surface area (Å²) in [7, 11) is 0. The molecule has 0 aliphatic carbocycles. The molecule has 0 aliphatic rings. The first-order valence-electron chi connectivity index (χ1n) is 9.06. The Morgan fingerprint density at radius 3 is 2.76 bits per heavy atom. The number of fused-ring (bicyclic) bond motifs is 1. The first-order valence-corrected chi connectivity index (χ1v) is 10.9. The first kappa shape index (κ1) is 19.5. The maximum atomic E-state index is 12.3. The van der Waals surface area contributed by atoms with Gasteiger partial charge >= 0.3 is 0 Å². The Kier molecular flexibility index (Phi) is 5.33. The van der Waals surface area contributed by atoms with Gasteiger partial charge in [-0.05, 0) is 44.5 Å². The van der Waals surface area contributed by atoms with E-state index in [1.54, 1.807) is 16.3 Å². The molecular weight excluding hydrogens is 404 g/mol. The maximum absolute atomic E-state index is 12.3. The van der Waals surface area contributed by atoms with Crippen LogP contribution in [0.5, 0.6) is 0 Å². The van der Waals surface area contributed by atoms with Gasteiger partial charge in [0, 0.05) is 29.4 Å². The van der Waals surface area contributed by atoms with Crippen LogP contribution in [-0.2, 0) is 10.5 Å². The molecule has 0 N–H and O–H groups in total. The topological polar surface area (TPSA) is 76.3 Å². The lowest BCUT2D eigenvalue weighted by atomic mass is 10.2. The number of amides is 1. The van der Waals surface area contributed by atoms with Crippen molar-refractivity contribution < 1.29 is 4.79 Å². The van der Waals surface area contributed by atoms with Crippen LogP contribution >= 0.6 is 23.1 Å². The molecule has 7 nitrogen and oxygen atoms in total. The third kappa shape index (κ3) is 4.15. The van der Waals surface area contributed by atoms with Crippen molar-refractivity contribution in [3.8, 4) is 0 Å². The van der Waals surface area contributed by atoms with Gasteiger partial charge in [-0.3, -0.25) is 9.69 Å². The fraction of sp³-hybridized carbons (Fsp3) is 0.250. The van der Waals surface area contributed by atoms with Crippen molar-refractivity contribution in [3.63, 3.8) is 0 Å². The molecule has 1 aromatic carbocycles. The van der Waals surface area contributed by atoms with E-state index >= 15 is 0 Å². The van der Waals surface area contributed by atoms with Gasteiger partial charge in [-0.25, -0.2) is 14.5 Å². The van der Waals surface area contributed by atoms with Crippen molar-refractivity contribution in [2.75, 3.05) is 4.90 Å². The molecule has 9 heteroatoms. The van der Waals surface area contributed by atoms with Crippen LogP contribution in [0.1, 0.15) is 29.6 Å². The summed E-state index contributed by atoms with van der Waals surface area (Å²) in [5.41, 5.74) is 4.72. The molecule has 29 heavy (non-hydrogen) atoms. The Hall–Kier alpha value is -2.78. The molecule has 0 atom stereocenters. The predicted octanol–water partition coefficient (Wildman–Crippen LogP) is 4.48. The monoisotopic (exact) mass is 424 g/mol. The summed E-state index contributed by atoms with van der Waals surface area (Å²) in [5.74, 6) is 1.15. The summed E-state index contributed by atoms with van der Waals surface area (Å²) in [6.45, 7) is 7.49. The Bertz CT molecular complexity index is 1200. The predicted molar refractivity (Wildman–Crippen MR) is 116 cm³/mol. The molecule has 0 aliphatic heterocycles. The van der Waals surface area contributed by atoms with E-state index in [0.717, 1.165) is 28.3 Å². The Labute approximate surface area is 176 Å². The van der Waals surface area contributed by atoms with Gasteiger partial charge < -0.3 is 0 Å². The highest BCUT2D eigenvalue weighted by molar-refractivity contribution is 7.98. The average molecular weight is 425 g/mol. The lowest BCUT2D eigenvalue weighted by molar-refractivity contribution is -0.115. The number of thiazole rings is 1. The zero-order valence-electron chi connectivity index (χ0n) is 16.6. The van der Waals surface area contributed by atoms with E-state index in [9.17, 15) is 4.79 Å². The second-order valence-corrected chi connectivity index (χ2v) is 8.53. The lowest BCUT2D eigenvalue weighted by Crippen LogP contribution is -2.22. The SMILES string of the molecule is CC(=O)N(c1cccc(C)c1)c1nc(CSc2nc3nc(C)cc(C)n3n2)cs1. The molecule has 0 saturated carbocycles. The molecule has 0 fully saturated rings. The zero-order chi connectivity index (χ0) is 20.5. The number of nitrogens with zero attached hydrogens (tertiary/aromatic N) is 6. The number of carbonyl (C=O) groups is 1. The Morgan fingerprint density at radius 1 is 1.17 bits per heavy atom. The average Bonchev–Trinajstić information content (AvgIpc) is 3.27. The highest BCUT2D eigenvalue weighted by atomic mass is 32.2. The van der Waals surface area contributed by atoms with E-state index in [4.69, 9.17) is 0 Å². The third-order valence-corrected chi connectivity index (χ3v) is 6.00. The van der Waals surface area contributed by atoms with E-state index in [1.165, 1.54) is 23.1 Å². The lowest BCUT2D eigenvalue weighted by Gasteiger charge is -2.18. The Morgan fingerprint density at radius 2 is 2.00 bits per heavy atom. The van der Waals surface area contributed by atoms with Crippen molar-refractivity contribution in [2.45, 2.75) is 38.6 Å². The van der Waals surface area contributed by atoms with E-state index in [2.05, 4.69) is 20.1 Å². The molecule has 0 radical (unpaired) electrons. The number of benzene rings is 1. The van der Waals surface area contributed by atoms with Gasteiger partial charge in [-0.2, -0.15) is 4.98 Å². The smallest absolute Gasteiger partial charge is 0.253 e. The van der Waals surface area contributed by atoms with Gasteiger partial charge in [0.05, 0.1) is 11.4 Å². The number of rotatable bonds is 5. The number of anilines is 2. The van der Waals surface area contributed by atoms with Crippen LogP contribution in [0.4, 0.5) is 10.8 Å². The molecule has 0 unspecified atom stereocenters. The maximum Gasteiger partial charge on any atom is 0.253 e. The minimum absolute atomic E-state index is 0.0666. The highest BCUT2D eigenvalue weighted by Gasteiger charge is 2.18. The summed E-state index contributed by atoms with van der Waals surface area (Å²) in [6, 6.07) is 9.82. The summed E-state index contributed by atoms with van der Waals surface area (Å²) in [4.78, 5) is 27.5. The molecule has 4 aromatic rings. The van der Waals surface area contributed by atoms with Gasteiger partial charge in [-0.1, -0.05) is 23.9 Å². The van der Waals surface area contributed by atoms with Crippen molar-refractivity contribution in [1.29, 1.82) is 0 Å². The molecule has 3 aromatic heterocycles. The molecular formula is C20H20N6OS2. The van der Waals surface area contributed by atoms with Gasteiger partial charge in [0.15, 0.2) is 5.13 Å². The van der Waals surface area contributed by atoms with Crippen LogP contribution < -0.4 is 4.90 Å². The molecule has 0 spiro atoms. The van der Waals surface area contributed by atoms with Crippen LogP contribution in [0.25, 0.3) is 5.78 Å². The summed E-state index contributed by atoms with van der Waals surface area (Å²) in [5, 5.41) is 7.80. The fourth-order valence-electron chi connectivity index (χ4n) is 3.01. The van der Waals surface area contributed by atoms with E-state index in [-0.39, 0.29) is 5.91 Å².